The molecule has 0 radical (unpaired) electrons. The Bertz CT molecular complexity index is 427. The fourth-order valence-corrected chi connectivity index (χ4v) is 2.63. The molecule has 2 heterocycles. The van der Waals surface area contributed by atoms with Crippen molar-refractivity contribution in [1.29, 1.82) is 0 Å². The molecule has 0 amide bonds. The molecule has 0 spiro atoms. The molecule has 3 atom stereocenters. The summed E-state index contributed by atoms with van der Waals surface area (Å²) in [4.78, 5) is 6.29. The number of aliphatic hydroxyl groups is 2. The van der Waals surface area contributed by atoms with Crippen molar-refractivity contribution in [3.63, 3.8) is 0 Å². The van der Waals surface area contributed by atoms with Crippen LogP contribution in [0.25, 0.3) is 0 Å². The minimum absolute atomic E-state index is 0.161. The Morgan fingerprint density at radius 2 is 2.20 bits per heavy atom. The predicted molar refractivity (Wildman–Crippen MR) is 76.3 cm³/mol. The smallest absolute Gasteiger partial charge is 0.105 e. The molecule has 0 aliphatic carbocycles. The highest BCUT2D eigenvalue weighted by atomic mass is 16.5. The first-order valence-corrected chi connectivity index (χ1v) is 7.21. The van der Waals surface area contributed by atoms with Gasteiger partial charge in [0, 0.05) is 18.9 Å². The van der Waals surface area contributed by atoms with Gasteiger partial charge < -0.3 is 14.9 Å². The number of hydrogen-bond acceptors (Lipinski definition) is 5. The van der Waals surface area contributed by atoms with Gasteiger partial charge in [-0.25, -0.2) is 0 Å². The summed E-state index contributed by atoms with van der Waals surface area (Å²) < 4.78 is 5.40. The van der Waals surface area contributed by atoms with E-state index in [0.29, 0.717) is 6.61 Å². The number of rotatable bonds is 5. The van der Waals surface area contributed by atoms with Crippen LogP contribution in [0.15, 0.2) is 18.5 Å². The summed E-state index contributed by atoms with van der Waals surface area (Å²) in [5.41, 5.74) is 2.33. The Balaban J connectivity index is 2.12. The molecule has 0 aromatic carbocycles. The van der Waals surface area contributed by atoms with E-state index in [-0.39, 0.29) is 12.6 Å². The highest BCUT2D eigenvalue weighted by Gasteiger charge is 2.35. The lowest BCUT2D eigenvalue weighted by Crippen LogP contribution is -2.55. The zero-order valence-electron chi connectivity index (χ0n) is 12.2. The molecule has 0 bridgehead atoms. The van der Waals surface area contributed by atoms with E-state index in [0.717, 1.165) is 25.1 Å². The molecule has 5 heteroatoms. The first-order valence-electron chi connectivity index (χ1n) is 7.21. The molecule has 1 aliphatic heterocycles. The molecule has 1 fully saturated rings. The highest BCUT2D eigenvalue weighted by Crippen LogP contribution is 2.19. The van der Waals surface area contributed by atoms with Crippen LogP contribution in [-0.2, 0) is 11.3 Å². The van der Waals surface area contributed by atoms with Gasteiger partial charge in [0.2, 0.25) is 0 Å². The van der Waals surface area contributed by atoms with Gasteiger partial charge in [-0.2, -0.15) is 0 Å². The van der Waals surface area contributed by atoms with Crippen molar-refractivity contribution >= 4 is 0 Å². The lowest BCUT2D eigenvalue weighted by molar-refractivity contribution is -0.134. The predicted octanol–water partition coefficient (Wildman–Crippen LogP) is 0.723. The van der Waals surface area contributed by atoms with E-state index in [1.807, 2.05) is 19.2 Å². The van der Waals surface area contributed by atoms with Gasteiger partial charge in [0.05, 0.1) is 25.4 Å². The van der Waals surface area contributed by atoms with E-state index in [1.165, 1.54) is 5.56 Å². The van der Waals surface area contributed by atoms with Gasteiger partial charge in [0.25, 0.3) is 0 Å². The second-order valence-electron chi connectivity index (χ2n) is 5.44. The van der Waals surface area contributed by atoms with Gasteiger partial charge in [0.15, 0.2) is 0 Å². The van der Waals surface area contributed by atoms with Gasteiger partial charge in [-0.3, -0.25) is 9.88 Å². The monoisotopic (exact) mass is 280 g/mol. The summed E-state index contributed by atoms with van der Waals surface area (Å²) in [5, 5.41) is 20.0. The Morgan fingerprint density at radius 1 is 1.40 bits per heavy atom. The molecule has 2 rings (SSSR count). The minimum atomic E-state index is -0.799. The Hall–Kier alpha value is -1.01. The van der Waals surface area contributed by atoms with Crippen LogP contribution < -0.4 is 0 Å². The molecule has 0 saturated carbocycles. The summed E-state index contributed by atoms with van der Waals surface area (Å²) in [5.74, 6) is 0. The van der Waals surface area contributed by atoms with E-state index in [2.05, 4.69) is 16.8 Å². The van der Waals surface area contributed by atoms with Crippen molar-refractivity contribution in [3.8, 4) is 0 Å². The lowest BCUT2D eigenvalue weighted by Gasteiger charge is -2.39. The molecule has 112 valence electrons. The molecule has 1 aromatic rings. The summed E-state index contributed by atoms with van der Waals surface area (Å²) in [6.07, 6.45) is 3.07. The number of pyridine rings is 1. The molecule has 1 saturated heterocycles. The van der Waals surface area contributed by atoms with Crippen molar-refractivity contribution in [2.45, 2.75) is 45.1 Å². The average molecular weight is 280 g/mol. The van der Waals surface area contributed by atoms with Crippen LogP contribution in [0.3, 0.4) is 0 Å². The minimum Gasteiger partial charge on any atom is -0.389 e. The van der Waals surface area contributed by atoms with Gasteiger partial charge in [-0.1, -0.05) is 6.92 Å². The van der Waals surface area contributed by atoms with Crippen LogP contribution in [0.2, 0.25) is 0 Å². The Morgan fingerprint density at radius 3 is 2.90 bits per heavy atom. The quantitative estimate of drug-likeness (QED) is 0.832. The number of hydrogen-bond donors (Lipinski definition) is 2. The van der Waals surface area contributed by atoms with Gasteiger partial charge in [0.1, 0.15) is 6.10 Å². The zero-order valence-corrected chi connectivity index (χ0v) is 12.2. The summed E-state index contributed by atoms with van der Waals surface area (Å²) in [6.45, 7) is 6.42. The van der Waals surface area contributed by atoms with Gasteiger partial charge >= 0.3 is 0 Å². The maximum absolute atomic E-state index is 10.2. The molecule has 20 heavy (non-hydrogen) atoms. The van der Waals surface area contributed by atoms with Crippen LogP contribution in [-0.4, -0.2) is 58.1 Å². The van der Waals surface area contributed by atoms with Crippen LogP contribution in [0.4, 0.5) is 0 Å². The van der Waals surface area contributed by atoms with Gasteiger partial charge in [-0.15, -0.1) is 0 Å². The topological polar surface area (TPSA) is 65.8 Å². The van der Waals surface area contributed by atoms with Gasteiger partial charge in [-0.05, 0) is 37.1 Å². The highest BCUT2D eigenvalue weighted by molar-refractivity contribution is 5.21. The SMILES string of the molecule is CCCN(Cc1ccncc1C)[C@@H]1COC[C@@H](O)[C@H]1O. The normalized spacial score (nSPS) is 26.9. The first kappa shape index (κ1) is 15.4. The number of aromatic nitrogens is 1. The van der Waals surface area contributed by atoms with Crippen molar-refractivity contribution in [1.82, 2.24) is 9.88 Å². The molecular weight excluding hydrogens is 256 g/mol. The fraction of sp³-hybridized carbons (Fsp3) is 0.667. The van der Waals surface area contributed by atoms with Crippen molar-refractivity contribution < 1.29 is 14.9 Å². The Kier molecular flexibility index (Phi) is 5.48. The fourth-order valence-electron chi connectivity index (χ4n) is 2.63. The molecule has 2 N–H and O–H groups in total. The molecule has 5 nitrogen and oxygen atoms in total. The van der Waals surface area contributed by atoms with E-state index < -0.39 is 12.2 Å². The van der Waals surface area contributed by atoms with Crippen LogP contribution in [0.1, 0.15) is 24.5 Å². The number of aliphatic hydroxyl groups excluding tert-OH is 2. The maximum atomic E-state index is 10.2. The van der Waals surface area contributed by atoms with Crippen molar-refractivity contribution in [2.24, 2.45) is 0 Å². The van der Waals surface area contributed by atoms with Crippen molar-refractivity contribution in [3.05, 3.63) is 29.6 Å². The van der Waals surface area contributed by atoms with Crippen LogP contribution in [0.5, 0.6) is 0 Å². The van der Waals surface area contributed by atoms with Crippen molar-refractivity contribution in [2.75, 3.05) is 19.8 Å². The number of ether oxygens (including phenoxy) is 1. The maximum Gasteiger partial charge on any atom is 0.105 e. The second-order valence-corrected chi connectivity index (χ2v) is 5.44. The number of nitrogens with zero attached hydrogens (tertiary/aromatic N) is 2. The first-order chi connectivity index (χ1) is 9.63. The lowest BCUT2D eigenvalue weighted by atomic mass is 10.0. The van der Waals surface area contributed by atoms with E-state index in [9.17, 15) is 10.2 Å². The van der Waals surface area contributed by atoms with E-state index >= 15 is 0 Å². The second kappa shape index (κ2) is 7.13. The van der Waals surface area contributed by atoms with Crippen LogP contribution in [0, 0.1) is 6.92 Å². The summed E-state index contributed by atoms with van der Waals surface area (Å²) in [7, 11) is 0. The third-order valence-electron chi connectivity index (χ3n) is 3.86. The molecular formula is C15H24N2O3. The number of aryl methyl sites for hydroxylation is 1. The summed E-state index contributed by atoms with van der Waals surface area (Å²) in [6, 6.07) is 1.84. The molecule has 1 aliphatic rings. The largest absolute Gasteiger partial charge is 0.389 e. The third kappa shape index (κ3) is 3.55. The average Bonchev–Trinajstić information content (AvgIpc) is 2.44. The van der Waals surface area contributed by atoms with E-state index in [4.69, 9.17) is 4.74 Å². The Labute approximate surface area is 120 Å². The third-order valence-corrected chi connectivity index (χ3v) is 3.86. The zero-order chi connectivity index (χ0) is 14.5. The standard InChI is InChI=1S/C15H24N2O3/c1-3-6-17(8-12-4-5-16-7-11(12)2)13-9-20-10-14(18)15(13)19/h4-5,7,13-15,18-19H,3,6,8-10H2,1-2H3/t13-,14-,15+/m1/s1. The molecule has 0 unspecified atom stereocenters. The molecule has 1 aromatic heterocycles. The van der Waals surface area contributed by atoms with Crippen LogP contribution >= 0.6 is 0 Å². The summed E-state index contributed by atoms with van der Waals surface area (Å²) >= 11 is 0. The van der Waals surface area contributed by atoms with E-state index in [1.54, 1.807) is 6.20 Å².